The minimum atomic E-state index is -1.09. The van der Waals surface area contributed by atoms with E-state index in [9.17, 15) is 14.7 Å². The molecule has 20 heavy (non-hydrogen) atoms. The summed E-state index contributed by atoms with van der Waals surface area (Å²) in [4.78, 5) is 25.6. The Hall–Kier alpha value is -1.88. The molecule has 1 aliphatic rings. The van der Waals surface area contributed by atoms with Gasteiger partial charge in [0, 0.05) is 6.54 Å². The van der Waals surface area contributed by atoms with Crippen molar-refractivity contribution in [3.8, 4) is 0 Å². The van der Waals surface area contributed by atoms with Gasteiger partial charge in [-0.1, -0.05) is 37.3 Å². The average Bonchev–Trinajstić information content (AvgIpc) is 2.91. The van der Waals surface area contributed by atoms with Gasteiger partial charge in [-0.3, -0.25) is 4.79 Å². The molecule has 2 rings (SSSR count). The van der Waals surface area contributed by atoms with E-state index in [1.54, 1.807) is 19.1 Å². The number of carbonyl (C=O) groups excluding carboxylic acids is 1. The lowest BCUT2D eigenvalue weighted by Crippen LogP contribution is -2.54. The van der Waals surface area contributed by atoms with Crippen molar-refractivity contribution in [2.24, 2.45) is 5.73 Å². The predicted octanol–water partition coefficient (Wildman–Crippen LogP) is 1.54. The summed E-state index contributed by atoms with van der Waals surface area (Å²) in [5.74, 6) is -1.25. The molecular weight excluding hydrogens is 256 g/mol. The Bertz CT molecular complexity index is 503. The molecule has 3 N–H and O–H groups in total. The van der Waals surface area contributed by atoms with Gasteiger partial charge >= 0.3 is 5.97 Å². The second-order valence-corrected chi connectivity index (χ2v) is 5.17. The first kappa shape index (κ1) is 14.5. The van der Waals surface area contributed by atoms with E-state index in [1.165, 1.54) is 4.90 Å². The van der Waals surface area contributed by atoms with Gasteiger partial charge < -0.3 is 15.7 Å². The summed E-state index contributed by atoms with van der Waals surface area (Å²) in [6.07, 6.45) is 1.59. The van der Waals surface area contributed by atoms with Crippen LogP contribution in [0.3, 0.4) is 0 Å². The van der Waals surface area contributed by atoms with E-state index in [4.69, 9.17) is 5.73 Å². The molecule has 0 saturated carbocycles. The maximum Gasteiger partial charge on any atom is 0.329 e. The Morgan fingerprint density at radius 2 is 2.05 bits per heavy atom. The molecule has 1 saturated heterocycles. The molecule has 0 bridgehead atoms. The second kappa shape index (κ2) is 5.63. The molecular formula is C15H20N2O3. The summed E-state index contributed by atoms with van der Waals surface area (Å²) in [7, 11) is 0. The maximum absolute atomic E-state index is 12.6. The van der Waals surface area contributed by atoms with Gasteiger partial charge in [-0.05, 0) is 24.8 Å². The lowest BCUT2D eigenvalue weighted by atomic mass is 9.92. The normalized spacial score (nSPS) is 23.6. The molecule has 1 aliphatic heterocycles. The Morgan fingerprint density at radius 1 is 1.40 bits per heavy atom. The Morgan fingerprint density at radius 3 is 2.60 bits per heavy atom. The first-order valence-corrected chi connectivity index (χ1v) is 6.88. The molecule has 1 aromatic carbocycles. The number of amides is 1. The average molecular weight is 276 g/mol. The molecule has 0 radical (unpaired) electrons. The number of likely N-dealkylation sites (tertiary alicyclic amines) is 1. The van der Waals surface area contributed by atoms with Crippen LogP contribution < -0.4 is 5.73 Å². The fraction of sp³-hybridized carbons (Fsp3) is 0.467. The van der Waals surface area contributed by atoms with Gasteiger partial charge in [0.1, 0.15) is 11.6 Å². The van der Waals surface area contributed by atoms with E-state index >= 15 is 0 Å². The highest BCUT2D eigenvalue weighted by Crippen LogP contribution is 2.34. The van der Waals surface area contributed by atoms with Crippen LogP contribution in [-0.4, -0.2) is 34.0 Å². The van der Waals surface area contributed by atoms with Crippen molar-refractivity contribution in [2.45, 2.75) is 37.8 Å². The van der Waals surface area contributed by atoms with Crippen LogP contribution in [0.15, 0.2) is 30.3 Å². The molecule has 5 heteroatoms. The highest BCUT2D eigenvalue weighted by Gasteiger charge is 2.49. The van der Waals surface area contributed by atoms with Gasteiger partial charge in [0.25, 0.3) is 0 Å². The zero-order chi connectivity index (χ0) is 14.8. The minimum absolute atomic E-state index is 0.307. The van der Waals surface area contributed by atoms with E-state index in [0.29, 0.717) is 31.4 Å². The Balaban J connectivity index is 2.26. The van der Waals surface area contributed by atoms with Gasteiger partial charge in [0.05, 0.1) is 0 Å². The number of aliphatic carboxylic acids is 1. The Labute approximate surface area is 118 Å². The molecule has 0 spiro atoms. The van der Waals surface area contributed by atoms with Crippen LogP contribution in [0.4, 0.5) is 0 Å². The summed E-state index contributed by atoms with van der Waals surface area (Å²) in [6.45, 7) is 2.26. The SMILES string of the molecule is CCC1(C(=O)O)CCCN1C(=O)[C@@H](N)c1ccccc1. The number of rotatable bonds is 4. The summed E-state index contributed by atoms with van der Waals surface area (Å²) in [5.41, 5.74) is 5.62. The van der Waals surface area contributed by atoms with Crippen molar-refractivity contribution < 1.29 is 14.7 Å². The fourth-order valence-electron chi connectivity index (χ4n) is 2.91. The third-order valence-electron chi connectivity index (χ3n) is 4.16. The first-order chi connectivity index (χ1) is 9.53. The second-order valence-electron chi connectivity index (χ2n) is 5.17. The summed E-state index contributed by atoms with van der Waals surface area (Å²) in [5, 5.41) is 9.50. The number of nitrogens with two attached hydrogens (primary N) is 1. The zero-order valence-corrected chi connectivity index (χ0v) is 11.6. The molecule has 1 amide bonds. The largest absolute Gasteiger partial charge is 0.479 e. The number of hydrogen-bond donors (Lipinski definition) is 2. The van der Waals surface area contributed by atoms with Crippen molar-refractivity contribution in [1.29, 1.82) is 0 Å². The molecule has 1 heterocycles. The number of nitrogens with zero attached hydrogens (tertiary/aromatic N) is 1. The third kappa shape index (κ3) is 2.29. The molecule has 0 aromatic heterocycles. The molecule has 0 aliphatic carbocycles. The highest BCUT2D eigenvalue weighted by molar-refractivity contribution is 5.90. The predicted molar refractivity (Wildman–Crippen MR) is 75.0 cm³/mol. The van der Waals surface area contributed by atoms with Crippen LogP contribution in [0.25, 0.3) is 0 Å². The maximum atomic E-state index is 12.6. The van der Waals surface area contributed by atoms with Crippen LogP contribution in [0, 0.1) is 0 Å². The third-order valence-corrected chi connectivity index (χ3v) is 4.16. The van der Waals surface area contributed by atoms with Crippen LogP contribution in [-0.2, 0) is 9.59 Å². The van der Waals surface area contributed by atoms with Gasteiger partial charge in [-0.15, -0.1) is 0 Å². The molecule has 108 valence electrons. The molecule has 1 aromatic rings. The fourth-order valence-corrected chi connectivity index (χ4v) is 2.91. The number of carbonyl (C=O) groups is 2. The van der Waals surface area contributed by atoms with Gasteiger partial charge in [-0.25, -0.2) is 4.79 Å². The molecule has 1 fully saturated rings. The zero-order valence-electron chi connectivity index (χ0n) is 11.6. The van der Waals surface area contributed by atoms with Crippen molar-refractivity contribution in [2.75, 3.05) is 6.54 Å². The Kier molecular flexibility index (Phi) is 4.09. The summed E-state index contributed by atoms with van der Waals surface area (Å²) < 4.78 is 0. The number of carboxylic acids is 1. The van der Waals surface area contributed by atoms with Crippen molar-refractivity contribution >= 4 is 11.9 Å². The highest BCUT2D eigenvalue weighted by atomic mass is 16.4. The van der Waals surface area contributed by atoms with Crippen LogP contribution in [0.2, 0.25) is 0 Å². The quantitative estimate of drug-likeness (QED) is 0.873. The lowest BCUT2D eigenvalue weighted by Gasteiger charge is -2.35. The number of benzene rings is 1. The lowest BCUT2D eigenvalue weighted by molar-refractivity contribution is -0.157. The van der Waals surface area contributed by atoms with E-state index in [2.05, 4.69) is 0 Å². The van der Waals surface area contributed by atoms with Crippen LogP contribution in [0.5, 0.6) is 0 Å². The van der Waals surface area contributed by atoms with Crippen molar-refractivity contribution in [3.63, 3.8) is 0 Å². The monoisotopic (exact) mass is 276 g/mol. The summed E-state index contributed by atoms with van der Waals surface area (Å²) >= 11 is 0. The van der Waals surface area contributed by atoms with Crippen molar-refractivity contribution in [3.05, 3.63) is 35.9 Å². The first-order valence-electron chi connectivity index (χ1n) is 6.88. The molecule has 1 unspecified atom stereocenters. The van der Waals surface area contributed by atoms with Gasteiger partial charge in [0.15, 0.2) is 0 Å². The van der Waals surface area contributed by atoms with E-state index in [0.717, 1.165) is 0 Å². The van der Waals surface area contributed by atoms with Crippen LogP contribution >= 0.6 is 0 Å². The molecule has 5 nitrogen and oxygen atoms in total. The topological polar surface area (TPSA) is 83.6 Å². The minimum Gasteiger partial charge on any atom is -0.479 e. The standard InChI is InChI=1S/C15H20N2O3/c1-2-15(14(19)20)9-6-10-17(15)13(18)12(16)11-7-4-3-5-8-11/h3-5,7-8,12H,2,6,9-10,16H2,1H3,(H,19,20)/t12-,15?/m0/s1. The summed E-state index contributed by atoms with van der Waals surface area (Å²) in [6, 6.07) is 8.25. The van der Waals surface area contributed by atoms with Crippen molar-refractivity contribution in [1.82, 2.24) is 4.90 Å². The smallest absolute Gasteiger partial charge is 0.329 e. The van der Waals surface area contributed by atoms with Gasteiger partial charge in [0.2, 0.25) is 5.91 Å². The number of carboxylic acid groups (broad SMARTS) is 1. The number of hydrogen-bond acceptors (Lipinski definition) is 3. The van der Waals surface area contributed by atoms with E-state index in [-0.39, 0.29) is 5.91 Å². The van der Waals surface area contributed by atoms with E-state index < -0.39 is 17.6 Å². The van der Waals surface area contributed by atoms with Gasteiger partial charge in [-0.2, -0.15) is 0 Å². The van der Waals surface area contributed by atoms with E-state index in [1.807, 2.05) is 18.2 Å². The molecule has 2 atom stereocenters. The van der Waals surface area contributed by atoms with Crippen LogP contribution in [0.1, 0.15) is 37.8 Å².